The molecule has 1 aliphatic heterocycles. The van der Waals surface area contributed by atoms with Crippen molar-refractivity contribution in [1.82, 2.24) is 0 Å². The van der Waals surface area contributed by atoms with Crippen LogP contribution in [0.5, 0.6) is 0 Å². The van der Waals surface area contributed by atoms with Gasteiger partial charge in [0.1, 0.15) is 6.29 Å². The van der Waals surface area contributed by atoms with E-state index in [4.69, 9.17) is 5.11 Å². The molecule has 1 aromatic rings. The fraction of sp³-hybridized carbons (Fsp3) is 0.579. The van der Waals surface area contributed by atoms with E-state index >= 15 is 0 Å². The van der Waals surface area contributed by atoms with E-state index in [2.05, 4.69) is 4.90 Å². The number of anilines is 1. The van der Waals surface area contributed by atoms with Gasteiger partial charge in [-0.15, -0.1) is 0 Å². The van der Waals surface area contributed by atoms with E-state index in [1.807, 2.05) is 26.0 Å². The van der Waals surface area contributed by atoms with Crippen LogP contribution >= 0.6 is 0 Å². The highest BCUT2D eigenvalue weighted by molar-refractivity contribution is 5.88. The number of carboxylic acid groups (broad SMARTS) is 1. The minimum absolute atomic E-state index is 0.386. The predicted octanol–water partition coefficient (Wildman–Crippen LogP) is 4.09. The Kier molecular flexibility index (Phi) is 6.20. The molecule has 0 bridgehead atoms. The Labute approximate surface area is 138 Å². The van der Waals surface area contributed by atoms with Gasteiger partial charge in [-0.2, -0.15) is 0 Å². The van der Waals surface area contributed by atoms with Crippen molar-refractivity contribution in [3.8, 4) is 0 Å². The standard InChI is InChI=1S/C17H21NO3.C2H6/c19-10-7-12-5-8-18(9-6-12)16-4-3-14(17(20)21)11-15(16)13-1-2-13;1-2/h3-4,10-13H,1-2,5-9H2,(H,20,21);1-2H3. The van der Waals surface area contributed by atoms with Crippen LogP contribution in [0.1, 0.15) is 67.8 Å². The van der Waals surface area contributed by atoms with Gasteiger partial charge in [0.05, 0.1) is 5.56 Å². The molecule has 0 radical (unpaired) electrons. The lowest BCUT2D eigenvalue weighted by atomic mass is 9.93. The molecule has 4 nitrogen and oxygen atoms in total. The number of benzene rings is 1. The van der Waals surface area contributed by atoms with Crippen molar-refractivity contribution in [2.75, 3.05) is 18.0 Å². The molecule has 23 heavy (non-hydrogen) atoms. The Bertz CT molecular complexity index is 544. The maximum atomic E-state index is 11.2. The molecule has 0 unspecified atom stereocenters. The highest BCUT2D eigenvalue weighted by atomic mass is 16.4. The van der Waals surface area contributed by atoms with Crippen LogP contribution in [0.3, 0.4) is 0 Å². The number of nitrogens with zero attached hydrogens (tertiary/aromatic N) is 1. The predicted molar refractivity (Wildman–Crippen MR) is 92.3 cm³/mol. The number of aldehydes is 1. The Balaban J connectivity index is 0.000000924. The molecule has 4 heteroatoms. The second-order valence-corrected chi connectivity index (χ2v) is 6.19. The molecule has 1 heterocycles. The monoisotopic (exact) mass is 317 g/mol. The number of aromatic carboxylic acids is 1. The van der Waals surface area contributed by atoms with Gasteiger partial charge in [0.2, 0.25) is 0 Å². The van der Waals surface area contributed by atoms with Gasteiger partial charge in [-0.25, -0.2) is 4.79 Å². The fourth-order valence-corrected chi connectivity index (χ4v) is 3.24. The van der Waals surface area contributed by atoms with Crippen LogP contribution in [0.15, 0.2) is 18.2 Å². The zero-order chi connectivity index (χ0) is 16.8. The number of piperidine rings is 1. The van der Waals surface area contributed by atoms with Gasteiger partial charge in [-0.1, -0.05) is 13.8 Å². The summed E-state index contributed by atoms with van der Waals surface area (Å²) in [5.41, 5.74) is 2.78. The first-order valence-corrected chi connectivity index (χ1v) is 8.75. The molecule has 1 saturated heterocycles. The lowest BCUT2D eigenvalue weighted by Gasteiger charge is -2.34. The molecule has 126 valence electrons. The normalized spacial score (nSPS) is 18.1. The fourth-order valence-electron chi connectivity index (χ4n) is 3.24. The van der Waals surface area contributed by atoms with Gasteiger partial charge in [0.15, 0.2) is 0 Å². The van der Waals surface area contributed by atoms with Crippen LogP contribution in [0.2, 0.25) is 0 Å². The molecular formula is C19H27NO3. The number of carbonyl (C=O) groups is 2. The summed E-state index contributed by atoms with van der Waals surface area (Å²) >= 11 is 0. The average molecular weight is 317 g/mol. The van der Waals surface area contributed by atoms with E-state index in [1.165, 1.54) is 11.3 Å². The number of hydrogen-bond donors (Lipinski definition) is 1. The van der Waals surface area contributed by atoms with Crippen LogP contribution in [-0.2, 0) is 4.79 Å². The van der Waals surface area contributed by atoms with E-state index in [1.54, 1.807) is 6.07 Å². The van der Waals surface area contributed by atoms with E-state index in [9.17, 15) is 9.59 Å². The van der Waals surface area contributed by atoms with Gasteiger partial charge in [-0.3, -0.25) is 0 Å². The molecule has 0 spiro atoms. The number of carboxylic acids is 1. The van der Waals surface area contributed by atoms with Gasteiger partial charge < -0.3 is 14.8 Å². The topological polar surface area (TPSA) is 57.6 Å². The molecule has 1 N–H and O–H groups in total. The first-order valence-electron chi connectivity index (χ1n) is 8.75. The molecule has 0 aromatic heterocycles. The first kappa shape index (κ1) is 17.5. The number of carbonyl (C=O) groups excluding carboxylic acids is 1. The Morgan fingerprint density at radius 2 is 1.87 bits per heavy atom. The summed E-state index contributed by atoms with van der Waals surface area (Å²) in [7, 11) is 0. The zero-order valence-corrected chi connectivity index (χ0v) is 14.1. The highest BCUT2D eigenvalue weighted by Gasteiger charge is 2.30. The minimum Gasteiger partial charge on any atom is -0.478 e. The summed E-state index contributed by atoms with van der Waals surface area (Å²) in [6.45, 7) is 5.93. The molecule has 1 saturated carbocycles. The van der Waals surface area contributed by atoms with E-state index in [-0.39, 0.29) is 0 Å². The average Bonchev–Trinajstić information content (AvgIpc) is 3.42. The third-order valence-corrected chi connectivity index (χ3v) is 4.68. The number of rotatable bonds is 5. The lowest BCUT2D eigenvalue weighted by molar-refractivity contribution is -0.108. The SMILES string of the molecule is CC.O=CCC1CCN(c2ccc(C(=O)O)cc2C2CC2)CC1. The second kappa shape index (κ2) is 8.14. The zero-order valence-electron chi connectivity index (χ0n) is 14.1. The highest BCUT2D eigenvalue weighted by Crippen LogP contribution is 2.45. The number of hydrogen-bond acceptors (Lipinski definition) is 3. The van der Waals surface area contributed by atoms with Crippen LogP contribution in [0.4, 0.5) is 5.69 Å². The van der Waals surface area contributed by atoms with Crippen LogP contribution in [-0.4, -0.2) is 30.5 Å². The van der Waals surface area contributed by atoms with Crippen molar-refractivity contribution in [3.05, 3.63) is 29.3 Å². The smallest absolute Gasteiger partial charge is 0.335 e. The third kappa shape index (κ3) is 4.34. The van der Waals surface area contributed by atoms with Gasteiger partial charge in [-0.05, 0) is 61.3 Å². The molecule has 0 atom stereocenters. The Morgan fingerprint density at radius 3 is 2.39 bits per heavy atom. The van der Waals surface area contributed by atoms with E-state index in [0.717, 1.165) is 45.1 Å². The summed E-state index contributed by atoms with van der Waals surface area (Å²) < 4.78 is 0. The largest absolute Gasteiger partial charge is 0.478 e. The van der Waals surface area contributed by atoms with Crippen molar-refractivity contribution < 1.29 is 14.7 Å². The lowest BCUT2D eigenvalue weighted by Crippen LogP contribution is -2.34. The van der Waals surface area contributed by atoms with Crippen molar-refractivity contribution in [2.45, 2.75) is 51.9 Å². The summed E-state index contributed by atoms with van der Waals surface area (Å²) in [5.74, 6) is 0.196. The molecule has 1 aromatic carbocycles. The molecule has 3 rings (SSSR count). The van der Waals surface area contributed by atoms with Crippen molar-refractivity contribution in [3.63, 3.8) is 0 Å². The Morgan fingerprint density at radius 1 is 1.22 bits per heavy atom. The minimum atomic E-state index is -0.854. The maximum absolute atomic E-state index is 11.2. The molecule has 0 amide bonds. The quantitative estimate of drug-likeness (QED) is 0.831. The van der Waals surface area contributed by atoms with E-state index in [0.29, 0.717) is 23.8 Å². The summed E-state index contributed by atoms with van der Waals surface area (Å²) in [5, 5.41) is 9.16. The molecule has 2 fully saturated rings. The van der Waals surface area contributed by atoms with Crippen LogP contribution < -0.4 is 4.90 Å². The van der Waals surface area contributed by atoms with E-state index < -0.39 is 5.97 Å². The van der Waals surface area contributed by atoms with Crippen LogP contribution in [0, 0.1) is 5.92 Å². The third-order valence-electron chi connectivity index (χ3n) is 4.68. The maximum Gasteiger partial charge on any atom is 0.335 e. The molecule has 1 aliphatic carbocycles. The summed E-state index contributed by atoms with van der Waals surface area (Å²) in [6.07, 6.45) is 6.11. The first-order chi connectivity index (χ1) is 11.2. The van der Waals surface area contributed by atoms with Crippen molar-refractivity contribution in [1.29, 1.82) is 0 Å². The Hall–Kier alpha value is -1.84. The van der Waals surface area contributed by atoms with Crippen molar-refractivity contribution >= 4 is 17.9 Å². The molecule has 2 aliphatic rings. The molecular weight excluding hydrogens is 290 g/mol. The summed E-state index contributed by atoms with van der Waals surface area (Å²) in [6, 6.07) is 5.53. The second-order valence-electron chi connectivity index (χ2n) is 6.19. The van der Waals surface area contributed by atoms with Gasteiger partial charge >= 0.3 is 5.97 Å². The van der Waals surface area contributed by atoms with Gasteiger partial charge in [0, 0.05) is 25.2 Å². The summed E-state index contributed by atoms with van der Waals surface area (Å²) in [4.78, 5) is 24.1. The van der Waals surface area contributed by atoms with Gasteiger partial charge in [0.25, 0.3) is 0 Å². The van der Waals surface area contributed by atoms with Crippen molar-refractivity contribution in [2.24, 2.45) is 5.92 Å². The van der Waals surface area contributed by atoms with Crippen LogP contribution in [0.25, 0.3) is 0 Å².